The highest BCUT2D eigenvalue weighted by molar-refractivity contribution is 7.53. The number of H-pyrrole nitrogens is 2. The van der Waals surface area contributed by atoms with Gasteiger partial charge in [0.2, 0.25) is 0 Å². The van der Waals surface area contributed by atoms with Gasteiger partial charge in [0.05, 0.1) is 37.8 Å². The van der Waals surface area contributed by atoms with Crippen LogP contribution >= 0.6 is 7.60 Å². The molecule has 2 aromatic rings. The smallest absolute Gasteiger partial charge is 0.330 e. The van der Waals surface area contributed by atoms with Crippen LogP contribution < -0.4 is 10.9 Å². The predicted octanol–water partition coefficient (Wildman–Crippen LogP) is 7.23. The topological polar surface area (TPSA) is 139 Å². The van der Waals surface area contributed by atoms with Crippen LogP contribution in [0.3, 0.4) is 0 Å². The molecule has 1 unspecified atom stereocenters. The van der Waals surface area contributed by atoms with Crippen molar-refractivity contribution in [3.05, 3.63) is 28.4 Å². The summed E-state index contributed by atoms with van der Waals surface area (Å²) in [5, 5.41) is 13.1. The zero-order valence-electron chi connectivity index (χ0n) is 26.9. The fourth-order valence-electron chi connectivity index (χ4n) is 5.19. The van der Waals surface area contributed by atoms with E-state index in [1.165, 1.54) is 89.8 Å². The summed E-state index contributed by atoms with van der Waals surface area (Å²) >= 11 is 0. The van der Waals surface area contributed by atoms with Crippen LogP contribution in [0.4, 0.5) is 0 Å². The third kappa shape index (κ3) is 16.4. The highest BCUT2D eigenvalue weighted by Gasteiger charge is 2.25. The molecule has 2 atom stereocenters. The van der Waals surface area contributed by atoms with Crippen LogP contribution in [0, 0.1) is 0 Å². The van der Waals surface area contributed by atoms with Gasteiger partial charge in [-0.2, -0.15) is 0 Å². The average Bonchev–Trinajstić information content (AvgIpc) is 3.43. The van der Waals surface area contributed by atoms with Crippen LogP contribution in [0.15, 0.2) is 17.3 Å². The number of unbranched alkanes of at least 4 members (excludes halogenated alkanes) is 13. The number of hydrogen-bond donors (Lipinski definition) is 4. The van der Waals surface area contributed by atoms with Gasteiger partial charge in [0, 0.05) is 37.6 Å². The highest BCUT2D eigenvalue weighted by Crippen LogP contribution is 2.49. The Labute approximate surface area is 259 Å². The molecule has 0 radical (unpaired) electrons. The van der Waals surface area contributed by atoms with Gasteiger partial charge in [-0.05, 0) is 26.2 Å². The Bertz CT molecular complexity index is 1060. The van der Waals surface area contributed by atoms with Gasteiger partial charge in [-0.15, -0.1) is 0 Å². The first-order valence-corrected chi connectivity index (χ1v) is 18.6. The maximum Gasteiger partial charge on any atom is 0.330 e. The first-order valence-electron chi connectivity index (χ1n) is 16.9. The van der Waals surface area contributed by atoms with E-state index < -0.39 is 7.60 Å². The number of hydrogen-bond acceptors (Lipinski definition) is 8. The van der Waals surface area contributed by atoms with Gasteiger partial charge in [0.1, 0.15) is 5.52 Å². The summed E-state index contributed by atoms with van der Waals surface area (Å²) in [6, 6.07) is -0.308. The molecule has 2 rings (SSSR count). The van der Waals surface area contributed by atoms with E-state index in [4.69, 9.17) is 13.8 Å². The quantitative estimate of drug-likeness (QED) is 0.0548. The van der Waals surface area contributed by atoms with E-state index in [0.717, 1.165) is 18.6 Å². The van der Waals surface area contributed by atoms with Crippen LogP contribution in [-0.2, 0) is 24.9 Å². The van der Waals surface area contributed by atoms with Crippen LogP contribution in [0.25, 0.3) is 11.0 Å². The van der Waals surface area contributed by atoms with Crippen LogP contribution in [-0.4, -0.2) is 65.3 Å². The second kappa shape index (κ2) is 23.8. The number of nitrogens with zero attached hydrogens (tertiary/aromatic N) is 1. The Kier molecular flexibility index (Phi) is 20.8. The van der Waals surface area contributed by atoms with Crippen molar-refractivity contribution < 1.29 is 23.5 Å². The predicted molar refractivity (Wildman–Crippen MR) is 175 cm³/mol. The van der Waals surface area contributed by atoms with E-state index >= 15 is 0 Å². The summed E-state index contributed by atoms with van der Waals surface area (Å²) in [5.41, 5.74) is 1.59. The summed E-state index contributed by atoms with van der Waals surface area (Å²) in [6.07, 6.45) is 23.2. The van der Waals surface area contributed by atoms with E-state index in [1.807, 2.05) is 0 Å². The summed E-state index contributed by atoms with van der Waals surface area (Å²) in [5.74, 6) is 0. The molecule has 2 heterocycles. The Hall–Kier alpha value is -1.55. The van der Waals surface area contributed by atoms with Gasteiger partial charge >= 0.3 is 7.60 Å². The largest absolute Gasteiger partial charge is 0.395 e. The van der Waals surface area contributed by atoms with Gasteiger partial charge in [-0.1, -0.05) is 90.4 Å². The number of aromatic nitrogens is 3. The lowest BCUT2D eigenvalue weighted by Crippen LogP contribution is -2.33. The molecule has 0 spiro atoms. The third-order valence-electron chi connectivity index (χ3n) is 7.79. The summed E-state index contributed by atoms with van der Waals surface area (Å²) in [7, 11) is -3.28. The zero-order valence-corrected chi connectivity index (χ0v) is 27.8. The molecule has 0 saturated heterocycles. The summed E-state index contributed by atoms with van der Waals surface area (Å²) < 4.78 is 30.2. The first kappa shape index (κ1) is 37.6. The average molecular weight is 627 g/mol. The molecule has 0 saturated carbocycles. The molecule has 0 aromatic carbocycles. The molecule has 10 nitrogen and oxygen atoms in total. The maximum atomic E-state index is 13.2. The Balaban J connectivity index is 1.48. The molecule has 2 aromatic heterocycles. The van der Waals surface area contributed by atoms with Crippen molar-refractivity contribution in [2.75, 3.05) is 39.2 Å². The Morgan fingerprint density at radius 3 is 2.12 bits per heavy atom. The number of aliphatic hydroxyl groups excluding tert-OH is 1. The highest BCUT2D eigenvalue weighted by atomic mass is 31.2. The maximum absolute atomic E-state index is 13.2. The molecular formula is C32H59N4O6P. The van der Waals surface area contributed by atoms with Gasteiger partial charge in [-0.25, -0.2) is 4.98 Å². The Morgan fingerprint density at radius 2 is 1.49 bits per heavy atom. The van der Waals surface area contributed by atoms with Crippen molar-refractivity contribution >= 4 is 18.6 Å². The molecule has 0 aliphatic heterocycles. The lowest BCUT2D eigenvalue weighted by Gasteiger charge is -2.21. The summed E-state index contributed by atoms with van der Waals surface area (Å²) in [4.78, 5) is 21.6. The molecule has 0 aliphatic carbocycles. The van der Waals surface area contributed by atoms with Gasteiger partial charge in [-0.3, -0.25) is 9.36 Å². The van der Waals surface area contributed by atoms with Crippen LogP contribution in [0.2, 0.25) is 0 Å². The van der Waals surface area contributed by atoms with E-state index in [-0.39, 0.29) is 24.4 Å². The minimum Gasteiger partial charge on any atom is -0.395 e. The molecule has 0 fully saturated rings. The van der Waals surface area contributed by atoms with E-state index in [9.17, 15) is 14.5 Å². The lowest BCUT2D eigenvalue weighted by molar-refractivity contribution is 0.111. The fourth-order valence-corrected chi connectivity index (χ4v) is 6.96. The number of nitrogens with one attached hydrogen (secondary N) is 3. The van der Waals surface area contributed by atoms with Crippen molar-refractivity contribution in [2.45, 2.75) is 129 Å². The van der Waals surface area contributed by atoms with Crippen molar-refractivity contribution in [1.29, 1.82) is 0 Å². The second-order valence-corrected chi connectivity index (χ2v) is 13.7. The molecule has 11 heteroatoms. The van der Waals surface area contributed by atoms with Gasteiger partial charge in [0.25, 0.3) is 5.56 Å². The minimum atomic E-state index is -3.28. The normalized spacial score (nSPS) is 13.9. The first-order chi connectivity index (χ1) is 21.0. The van der Waals surface area contributed by atoms with E-state index in [0.29, 0.717) is 50.2 Å². The Morgan fingerprint density at radius 1 is 0.860 bits per heavy atom. The standard InChI is InChI=1S/C32H59N4O6P/c1-3-5-6-7-8-9-10-11-12-13-14-15-16-17-20-40-21-18-22-42-43(39,41-4-2)23-19-29(26-37)33-24-28-25-34-31-30(28)35-27-36-32(31)38/h25,27,29,33-34,37H,3-24,26H2,1-2H3,(H,35,36,38)/t29-,43?/m0/s1. The number of fused-ring (bicyclic) bond motifs is 1. The number of aliphatic hydroxyl groups is 1. The summed E-state index contributed by atoms with van der Waals surface area (Å²) in [6.45, 7) is 6.27. The number of ether oxygens (including phenoxy) is 1. The number of aromatic amines is 2. The van der Waals surface area contributed by atoms with Crippen LogP contribution in [0.1, 0.15) is 122 Å². The molecule has 4 N–H and O–H groups in total. The minimum absolute atomic E-state index is 0.129. The monoisotopic (exact) mass is 626 g/mol. The third-order valence-corrected chi connectivity index (χ3v) is 9.82. The van der Waals surface area contributed by atoms with Crippen molar-refractivity contribution in [2.24, 2.45) is 0 Å². The molecule has 248 valence electrons. The fraction of sp³-hybridized carbons (Fsp3) is 0.812. The van der Waals surface area contributed by atoms with Crippen molar-refractivity contribution in [3.8, 4) is 0 Å². The molecule has 0 bridgehead atoms. The second-order valence-electron chi connectivity index (χ2n) is 11.5. The molecular weight excluding hydrogens is 567 g/mol. The SMILES string of the molecule is CCCCCCCCCCCCCCCCOCCCOP(=O)(CC[C@@H](CO)NCc1c[nH]c2c(=O)[nH]cnc12)OCC. The van der Waals surface area contributed by atoms with E-state index in [1.54, 1.807) is 13.1 Å². The zero-order chi connectivity index (χ0) is 31.0. The lowest BCUT2D eigenvalue weighted by atomic mass is 10.0. The molecule has 43 heavy (non-hydrogen) atoms. The van der Waals surface area contributed by atoms with Crippen molar-refractivity contribution in [3.63, 3.8) is 0 Å². The van der Waals surface area contributed by atoms with Crippen LogP contribution in [0.5, 0.6) is 0 Å². The van der Waals surface area contributed by atoms with E-state index in [2.05, 4.69) is 27.2 Å². The molecule has 0 aliphatic rings. The van der Waals surface area contributed by atoms with Gasteiger partial charge < -0.3 is 34.2 Å². The van der Waals surface area contributed by atoms with Gasteiger partial charge in [0.15, 0.2) is 0 Å². The van der Waals surface area contributed by atoms with Crippen molar-refractivity contribution in [1.82, 2.24) is 20.3 Å². The number of rotatable bonds is 29. The molecule has 0 amide bonds.